The van der Waals surface area contributed by atoms with Gasteiger partial charge in [-0.3, -0.25) is 0 Å². The van der Waals surface area contributed by atoms with Crippen LogP contribution in [0.3, 0.4) is 0 Å². The van der Waals surface area contributed by atoms with Crippen LogP contribution in [0.15, 0.2) is 18.2 Å². The summed E-state index contributed by atoms with van der Waals surface area (Å²) in [4.78, 5) is 3.46. The van der Waals surface area contributed by atoms with Gasteiger partial charge in [-0.1, -0.05) is 71.4 Å². The zero-order valence-corrected chi connectivity index (χ0v) is 31.4. The van der Waals surface area contributed by atoms with Crippen molar-refractivity contribution < 1.29 is 42.7 Å². The van der Waals surface area contributed by atoms with Crippen molar-refractivity contribution in [1.29, 1.82) is 0 Å². The van der Waals surface area contributed by atoms with Crippen LogP contribution in [0.4, 0.5) is 0 Å². The molecule has 0 saturated heterocycles. The summed E-state index contributed by atoms with van der Waals surface area (Å²) in [6.45, 7) is 23.8. The molecule has 6 atom stereocenters. The lowest BCUT2D eigenvalue weighted by molar-refractivity contribution is 0.00995. The maximum atomic E-state index is 6.23. The van der Waals surface area contributed by atoms with E-state index in [1.807, 2.05) is 83.1 Å². The van der Waals surface area contributed by atoms with E-state index < -0.39 is 7.32 Å². The predicted octanol–water partition coefficient (Wildman–Crippen LogP) is 6.01. The van der Waals surface area contributed by atoms with Crippen LogP contribution >= 0.6 is 0 Å². The van der Waals surface area contributed by atoms with Crippen molar-refractivity contribution in [1.82, 2.24) is 29.8 Å². The molecule has 276 valence electrons. The van der Waals surface area contributed by atoms with E-state index in [1.165, 1.54) is 0 Å². The van der Waals surface area contributed by atoms with Gasteiger partial charge in [0.15, 0.2) is 0 Å². The van der Waals surface area contributed by atoms with Gasteiger partial charge in [0.1, 0.15) is 0 Å². The van der Waals surface area contributed by atoms with Gasteiger partial charge in [0.2, 0.25) is 17.6 Å². The van der Waals surface area contributed by atoms with Crippen molar-refractivity contribution in [2.45, 2.75) is 158 Å². The normalized spacial score (nSPS) is 14.9. The van der Waals surface area contributed by atoms with Crippen LogP contribution in [-0.4, -0.2) is 73.8 Å². The van der Waals surface area contributed by atoms with Crippen LogP contribution in [0, 0.1) is 0 Å². The highest BCUT2D eigenvalue weighted by Crippen LogP contribution is 2.25. The average molecular weight is 693 g/mol. The lowest BCUT2D eigenvalue weighted by atomic mass is 10.3. The van der Waals surface area contributed by atoms with Crippen LogP contribution in [-0.2, 0) is 0 Å². The van der Waals surface area contributed by atoms with Gasteiger partial charge in [-0.25, -0.2) is 0 Å². The number of hydrogen-bond donors (Lipinski definition) is 0. The fraction of sp³-hybridized carbons (Fsp3) is 0.727. The van der Waals surface area contributed by atoms with E-state index in [4.69, 9.17) is 42.7 Å². The van der Waals surface area contributed by atoms with Crippen LogP contribution in [0.1, 0.15) is 122 Å². The highest BCUT2D eigenvalue weighted by atomic mass is 16.9. The van der Waals surface area contributed by atoms with Crippen molar-refractivity contribution in [2.24, 2.45) is 0 Å². The number of ether oxygens (including phenoxy) is 6. The Morgan fingerprint density at radius 1 is 0.429 bits per heavy atom. The topological polar surface area (TPSA) is 137 Å². The summed E-state index contributed by atoms with van der Waals surface area (Å²) in [5.41, 5.74) is 0. The molecule has 0 aliphatic heterocycles. The van der Waals surface area contributed by atoms with Crippen molar-refractivity contribution >= 4 is 7.32 Å². The van der Waals surface area contributed by atoms with Crippen LogP contribution in [0.25, 0.3) is 0 Å². The summed E-state index contributed by atoms with van der Waals surface area (Å²) >= 11 is 0. The minimum absolute atomic E-state index is 0.0929. The summed E-state index contributed by atoms with van der Waals surface area (Å²) < 4.78 is 55.1. The predicted molar refractivity (Wildman–Crippen MR) is 184 cm³/mol. The first kappa shape index (κ1) is 39.3. The molecular formula is C33H57BN6O9. The number of nitrogens with zero attached hydrogens (tertiary/aromatic N) is 6. The molecule has 3 rings (SSSR count). The third-order valence-electron chi connectivity index (χ3n) is 7.81. The molecule has 49 heavy (non-hydrogen) atoms. The van der Waals surface area contributed by atoms with E-state index >= 15 is 0 Å². The van der Waals surface area contributed by atoms with Gasteiger partial charge in [-0.2, -0.15) is 0 Å². The van der Waals surface area contributed by atoms with Gasteiger partial charge in [-0.15, -0.1) is 0 Å². The molecule has 3 aromatic heterocycles. The molecule has 0 spiro atoms. The quantitative estimate of drug-likeness (QED) is 0.102. The van der Waals surface area contributed by atoms with Gasteiger partial charge in [0.05, 0.1) is 54.8 Å². The van der Waals surface area contributed by atoms with Gasteiger partial charge in [-0.05, 0) is 80.1 Å². The summed E-state index contributed by atoms with van der Waals surface area (Å²) in [6.07, 6.45) is 3.84. The van der Waals surface area contributed by atoms with E-state index in [9.17, 15) is 0 Å². The Morgan fingerprint density at radius 2 is 0.653 bits per heavy atom. The monoisotopic (exact) mass is 692 g/mol. The maximum Gasteiger partial charge on any atom is 0.929 e. The molecule has 0 aromatic carbocycles. The fourth-order valence-corrected chi connectivity index (χ4v) is 3.66. The molecule has 0 amide bonds. The molecule has 0 saturated carbocycles. The SMILES string of the molecule is CCC(C)Oc1cc(OC(C)CC)n(OB(On2nc(OC(C)CC)cc2OC(C)CC)On2nc(OC(C)CC)cc2OC(C)CC)n1. The molecule has 0 fully saturated rings. The minimum atomic E-state index is -1.60. The first-order valence-corrected chi connectivity index (χ1v) is 17.7. The van der Waals surface area contributed by atoms with E-state index in [-0.39, 0.29) is 54.3 Å². The Kier molecular flexibility index (Phi) is 15.4. The highest BCUT2D eigenvalue weighted by molar-refractivity contribution is 6.37. The second-order valence-electron chi connectivity index (χ2n) is 12.2. The average Bonchev–Trinajstić information content (AvgIpc) is 3.76. The van der Waals surface area contributed by atoms with Gasteiger partial charge >= 0.3 is 7.32 Å². The number of hydrogen-bond acceptors (Lipinski definition) is 12. The van der Waals surface area contributed by atoms with Crippen molar-refractivity contribution in [3.63, 3.8) is 0 Å². The molecule has 0 bridgehead atoms. The molecule has 15 nitrogen and oxygen atoms in total. The lowest BCUT2D eigenvalue weighted by Gasteiger charge is -2.19. The summed E-state index contributed by atoms with van der Waals surface area (Å²) in [5.74, 6) is 1.75. The summed E-state index contributed by atoms with van der Waals surface area (Å²) in [6, 6.07) is 4.97. The Morgan fingerprint density at radius 3 is 0.878 bits per heavy atom. The smallest absolute Gasteiger partial charge is 0.473 e. The zero-order valence-electron chi connectivity index (χ0n) is 31.4. The van der Waals surface area contributed by atoms with E-state index in [2.05, 4.69) is 15.3 Å². The second kappa shape index (κ2) is 19.2. The number of rotatable bonds is 24. The molecule has 0 N–H and O–H groups in total. The lowest BCUT2D eigenvalue weighted by Crippen LogP contribution is -2.49. The third kappa shape index (κ3) is 12.1. The van der Waals surface area contributed by atoms with E-state index in [0.29, 0.717) is 17.6 Å². The van der Waals surface area contributed by atoms with Crippen LogP contribution < -0.4 is 42.7 Å². The van der Waals surface area contributed by atoms with E-state index in [1.54, 1.807) is 18.2 Å². The van der Waals surface area contributed by atoms with Gasteiger partial charge in [0.25, 0.3) is 17.6 Å². The van der Waals surface area contributed by atoms with Crippen molar-refractivity contribution in [3.05, 3.63) is 18.2 Å². The Bertz CT molecular complexity index is 1220. The molecule has 6 unspecified atom stereocenters. The first-order valence-electron chi connectivity index (χ1n) is 17.7. The van der Waals surface area contributed by atoms with Gasteiger partial charge in [0, 0.05) is 0 Å². The zero-order chi connectivity index (χ0) is 36.1. The largest absolute Gasteiger partial charge is 0.929 e. The first-order chi connectivity index (χ1) is 23.4. The molecular weight excluding hydrogens is 635 g/mol. The second-order valence-corrected chi connectivity index (χ2v) is 12.2. The molecule has 3 aromatic rings. The standard InChI is InChI=1S/C33H57BN6O9/c1-13-22(7)41-28-19-31(44-25(10)16-4)38(35-28)47-34(48-39-32(45-26(11)17-5)20-29(36-39)42-23(8)14-2)49-40-33(46-27(12)18-6)21-30(37-40)43-24(9)15-3/h19-27H,13-18H2,1-12H3. The van der Waals surface area contributed by atoms with Crippen LogP contribution in [0.2, 0.25) is 0 Å². The minimum Gasteiger partial charge on any atom is -0.473 e. The summed E-state index contributed by atoms with van der Waals surface area (Å²) in [7, 11) is -1.60. The maximum absolute atomic E-state index is 6.23. The van der Waals surface area contributed by atoms with Crippen LogP contribution in [0.5, 0.6) is 35.3 Å². The molecule has 0 radical (unpaired) electrons. The number of aromatic nitrogens is 6. The molecule has 0 aliphatic rings. The van der Waals surface area contributed by atoms with Gasteiger partial charge < -0.3 is 42.7 Å². The molecule has 16 heteroatoms. The Labute approximate surface area is 291 Å². The fourth-order valence-electron chi connectivity index (χ4n) is 3.66. The Hall–Kier alpha value is -4.11. The Balaban J connectivity index is 2.09. The summed E-state index contributed by atoms with van der Waals surface area (Å²) in [5, 5.41) is 13.5. The van der Waals surface area contributed by atoms with E-state index in [0.717, 1.165) is 53.1 Å². The van der Waals surface area contributed by atoms with Crippen molar-refractivity contribution in [2.75, 3.05) is 0 Å². The molecule has 3 heterocycles. The third-order valence-corrected chi connectivity index (χ3v) is 7.81. The van der Waals surface area contributed by atoms with Crippen molar-refractivity contribution in [3.8, 4) is 35.3 Å². The highest BCUT2D eigenvalue weighted by Gasteiger charge is 2.39. The molecule has 0 aliphatic carbocycles.